The van der Waals surface area contributed by atoms with Crippen LogP contribution >= 0.6 is 0 Å². The number of nitrogens with zero attached hydrogens (tertiary/aromatic N) is 2. The zero-order valence-electron chi connectivity index (χ0n) is 12.0. The zero-order valence-corrected chi connectivity index (χ0v) is 12.0. The Balaban J connectivity index is 1.50. The smallest absolute Gasteiger partial charge is 0.125 e. The van der Waals surface area contributed by atoms with Crippen LogP contribution in [0.4, 0.5) is 4.39 Å². The van der Waals surface area contributed by atoms with Crippen LogP contribution in [0.25, 0.3) is 11.0 Å². The number of aromatic amines is 1. The van der Waals surface area contributed by atoms with Crippen molar-refractivity contribution in [3.63, 3.8) is 0 Å². The fourth-order valence-electron chi connectivity index (χ4n) is 3.59. The Hall–Kier alpha value is -1.46. The maximum absolute atomic E-state index is 13.3. The van der Waals surface area contributed by atoms with E-state index in [-0.39, 0.29) is 5.82 Å². The molecule has 0 radical (unpaired) electrons. The van der Waals surface area contributed by atoms with Gasteiger partial charge in [-0.25, -0.2) is 9.37 Å². The van der Waals surface area contributed by atoms with Crippen molar-refractivity contribution in [2.75, 3.05) is 26.3 Å². The van der Waals surface area contributed by atoms with E-state index >= 15 is 0 Å². The van der Waals surface area contributed by atoms with E-state index in [0.29, 0.717) is 12.0 Å². The number of aromatic nitrogens is 2. The van der Waals surface area contributed by atoms with Gasteiger partial charge < -0.3 is 9.72 Å². The van der Waals surface area contributed by atoms with Gasteiger partial charge in [-0.3, -0.25) is 4.90 Å². The first-order chi connectivity index (χ1) is 10.3. The summed E-state index contributed by atoms with van der Waals surface area (Å²) in [5, 5.41) is 0. The summed E-state index contributed by atoms with van der Waals surface area (Å²) in [6, 6.07) is 5.40. The molecule has 0 amide bonds. The van der Waals surface area contributed by atoms with Gasteiger partial charge in [0, 0.05) is 31.7 Å². The lowest BCUT2D eigenvalue weighted by Gasteiger charge is -2.30. The fraction of sp³-hybridized carbons (Fsp3) is 0.562. The SMILES string of the molecule is Fc1ccc2nc([C@H]3CCN(C4CCOCC4)C3)[nH]c2c1. The van der Waals surface area contributed by atoms with Crippen molar-refractivity contribution in [1.29, 1.82) is 0 Å². The molecule has 21 heavy (non-hydrogen) atoms. The minimum atomic E-state index is -0.215. The van der Waals surface area contributed by atoms with Crippen LogP contribution in [0.1, 0.15) is 31.0 Å². The first kappa shape index (κ1) is 13.2. The summed E-state index contributed by atoms with van der Waals surface area (Å²) >= 11 is 0. The highest BCUT2D eigenvalue weighted by Gasteiger charge is 2.31. The first-order valence-electron chi connectivity index (χ1n) is 7.76. The summed E-state index contributed by atoms with van der Waals surface area (Å²) < 4.78 is 18.7. The van der Waals surface area contributed by atoms with Crippen molar-refractivity contribution in [2.45, 2.75) is 31.2 Å². The van der Waals surface area contributed by atoms with E-state index < -0.39 is 0 Å². The number of halogens is 1. The lowest BCUT2D eigenvalue weighted by molar-refractivity contribution is 0.0419. The van der Waals surface area contributed by atoms with E-state index in [0.717, 1.165) is 62.4 Å². The van der Waals surface area contributed by atoms with E-state index in [1.54, 1.807) is 6.07 Å². The highest BCUT2D eigenvalue weighted by atomic mass is 19.1. The quantitative estimate of drug-likeness (QED) is 0.924. The molecule has 1 atom stereocenters. The number of ether oxygens (including phenoxy) is 1. The Morgan fingerprint density at radius 1 is 1.24 bits per heavy atom. The molecule has 1 N–H and O–H groups in total. The average Bonchev–Trinajstić information content (AvgIpc) is 3.14. The van der Waals surface area contributed by atoms with Gasteiger partial charge in [-0.05, 0) is 44.0 Å². The molecule has 0 aliphatic carbocycles. The minimum Gasteiger partial charge on any atom is -0.381 e. The molecule has 2 aromatic rings. The van der Waals surface area contributed by atoms with Gasteiger partial charge in [0.15, 0.2) is 0 Å². The van der Waals surface area contributed by atoms with Crippen molar-refractivity contribution in [1.82, 2.24) is 14.9 Å². The molecule has 4 rings (SSSR count). The highest BCUT2D eigenvalue weighted by Crippen LogP contribution is 2.30. The number of H-pyrrole nitrogens is 1. The minimum absolute atomic E-state index is 0.215. The van der Waals surface area contributed by atoms with Crippen molar-refractivity contribution in [3.8, 4) is 0 Å². The Bertz CT molecular complexity index is 635. The Morgan fingerprint density at radius 2 is 2.10 bits per heavy atom. The molecule has 4 nitrogen and oxygen atoms in total. The molecule has 5 heteroatoms. The van der Waals surface area contributed by atoms with Crippen LogP contribution in [0.2, 0.25) is 0 Å². The molecular formula is C16H20FN3O. The molecule has 2 saturated heterocycles. The largest absolute Gasteiger partial charge is 0.381 e. The predicted molar refractivity (Wildman–Crippen MR) is 78.8 cm³/mol. The van der Waals surface area contributed by atoms with Gasteiger partial charge in [-0.1, -0.05) is 0 Å². The standard InChI is InChI=1S/C16H20FN3O/c17-12-1-2-14-15(9-12)19-16(18-14)11-3-6-20(10-11)13-4-7-21-8-5-13/h1-2,9,11,13H,3-8,10H2,(H,18,19)/t11-/m0/s1. The number of hydrogen-bond acceptors (Lipinski definition) is 3. The van der Waals surface area contributed by atoms with Crippen molar-refractivity contribution in [2.24, 2.45) is 0 Å². The summed E-state index contributed by atoms with van der Waals surface area (Å²) in [6.07, 6.45) is 3.40. The molecule has 1 aromatic heterocycles. The van der Waals surface area contributed by atoms with Gasteiger partial charge in [-0.2, -0.15) is 0 Å². The molecule has 3 heterocycles. The maximum Gasteiger partial charge on any atom is 0.125 e. The number of rotatable bonds is 2. The van der Waals surface area contributed by atoms with Gasteiger partial charge in [-0.15, -0.1) is 0 Å². The molecular weight excluding hydrogens is 269 g/mol. The summed E-state index contributed by atoms with van der Waals surface area (Å²) in [5.74, 6) is 1.22. The molecule has 2 aliphatic heterocycles. The second-order valence-electron chi connectivity index (χ2n) is 6.11. The third-order valence-electron chi connectivity index (χ3n) is 4.78. The molecule has 112 valence electrons. The number of hydrogen-bond donors (Lipinski definition) is 1. The molecule has 0 saturated carbocycles. The van der Waals surface area contributed by atoms with E-state index in [4.69, 9.17) is 4.74 Å². The van der Waals surface area contributed by atoms with Crippen molar-refractivity contribution >= 4 is 11.0 Å². The maximum atomic E-state index is 13.3. The van der Waals surface area contributed by atoms with Crippen LogP contribution in [0, 0.1) is 5.82 Å². The number of likely N-dealkylation sites (tertiary alicyclic amines) is 1. The predicted octanol–water partition coefficient (Wildman–Crippen LogP) is 2.67. The summed E-state index contributed by atoms with van der Waals surface area (Å²) in [7, 11) is 0. The van der Waals surface area contributed by atoms with E-state index in [1.165, 1.54) is 12.1 Å². The van der Waals surface area contributed by atoms with Gasteiger partial charge in [0.2, 0.25) is 0 Å². The van der Waals surface area contributed by atoms with Crippen LogP contribution in [0.3, 0.4) is 0 Å². The van der Waals surface area contributed by atoms with Crippen LogP contribution in [-0.4, -0.2) is 47.2 Å². The number of imidazole rings is 1. The van der Waals surface area contributed by atoms with Gasteiger partial charge in [0.25, 0.3) is 0 Å². The second-order valence-corrected chi connectivity index (χ2v) is 6.11. The Labute approximate surface area is 123 Å². The van der Waals surface area contributed by atoms with Crippen LogP contribution in [-0.2, 0) is 4.74 Å². The third-order valence-corrected chi connectivity index (χ3v) is 4.78. The monoisotopic (exact) mass is 289 g/mol. The van der Waals surface area contributed by atoms with Crippen LogP contribution < -0.4 is 0 Å². The van der Waals surface area contributed by atoms with Crippen molar-refractivity contribution < 1.29 is 9.13 Å². The van der Waals surface area contributed by atoms with Gasteiger partial charge in [0.05, 0.1) is 11.0 Å². The third kappa shape index (κ3) is 2.56. The molecule has 0 unspecified atom stereocenters. The zero-order chi connectivity index (χ0) is 14.2. The number of nitrogens with one attached hydrogen (secondary N) is 1. The van der Waals surface area contributed by atoms with Crippen LogP contribution in [0.15, 0.2) is 18.2 Å². The molecule has 2 fully saturated rings. The Morgan fingerprint density at radius 3 is 2.95 bits per heavy atom. The fourth-order valence-corrected chi connectivity index (χ4v) is 3.59. The molecule has 0 bridgehead atoms. The van der Waals surface area contributed by atoms with E-state index in [9.17, 15) is 4.39 Å². The molecule has 1 aromatic carbocycles. The number of fused-ring (bicyclic) bond motifs is 1. The van der Waals surface area contributed by atoms with Crippen molar-refractivity contribution in [3.05, 3.63) is 29.8 Å². The summed E-state index contributed by atoms with van der Waals surface area (Å²) in [6.45, 7) is 3.94. The van der Waals surface area contributed by atoms with Crippen LogP contribution in [0.5, 0.6) is 0 Å². The molecule has 0 spiro atoms. The first-order valence-corrected chi connectivity index (χ1v) is 7.76. The Kier molecular flexibility index (Phi) is 3.39. The second kappa shape index (κ2) is 5.39. The van der Waals surface area contributed by atoms with Gasteiger partial charge in [0.1, 0.15) is 11.6 Å². The summed E-state index contributed by atoms with van der Waals surface area (Å²) in [4.78, 5) is 10.5. The average molecular weight is 289 g/mol. The van der Waals surface area contributed by atoms with E-state index in [2.05, 4.69) is 14.9 Å². The lowest BCUT2D eigenvalue weighted by atomic mass is 10.1. The normalized spacial score (nSPS) is 24.9. The number of benzene rings is 1. The lowest BCUT2D eigenvalue weighted by Crippen LogP contribution is -2.37. The topological polar surface area (TPSA) is 41.2 Å². The summed E-state index contributed by atoms with van der Waals surface area (Å²) in [5.41, 5.74) is 1.66. The van der Waals surface area contributed by atoms with Gasteiger partial charge >= 0.3 is 0 Å². The highest BCUT2D eigenvalue weighted by molar-refractivity contribution is 5.75. The van der Waals surface area contributed by atoms with E-state index in [1.807, 2.05) is 0 Å². The molecule has 2 aliphatic rings.